The molecule has 1 amide bonds. The van der Waals surface area contributed by atoms with Gasteiger partial charge in [0.05, 0.1) is 10.6 Å². The molecule has 1 aliphatic heterocycles. The van der Waals surface area contributed by atoms with E-state index in [1.807, 2.05) is 0 Å². The molecule has 24 heavy (non-hydrogen) atoms. The van der Waals surface area contributed by atoms with Crippen LogP contribution in [0.2, 0.25) is 0 Å². The SMILES string of the molecule is O=C1CCCc2cc(S(=O)(=O)Nc3ccc(F)c(F)c3)ccc2N1. The van der Waals surface area contributed by atoms with Crippen LogP contribution in [0.25, 0.3) is 0 Å². The van der Waals surface area contributed by atoms with E-state index in [-0.39, 0.29) is 16.5 Å². The van der Waals surface area contributed by atoms with Crippen molar-refractivity contribution in [1.29, 1.82) is 0 Å². The van der Waals surface area contributed by atoms with Crippen molar-refractivity contribution in [3.63, 3.8) is 0 Å². The first kappa shape index (κ1) is 16.4. The van der Waals surface area contributed by atoms with Gasteiger partial charge in [0.1, 0.15) is 0 Å². The Morgan fingerprint density at radius 2 is 1.79 bits per heavy atom. The van der Waals surface area contributed by atoms with Crippen LogP contribution in [-0.4, -0.2) is 14.3 Å². The molecule has 0 radical (unpaired) electrons. The average Bonchev–Trinajstić information content (AvgIpc) is 2.70. The summed E-state index contributed by atoms with van der Waals surface area (Å²) in [5.74, 6) is -2.30. The molecule has 3 rings (SSSR count). The van der Waals surface area contributed by atoms with Crippen LogP contribution >= 0.6 is 0 Å². The molecular weight excluding hydrogens is 338 g/mol. The van der Waals surface area contributed by atoms with Gasteiger partial charge in [0.15, 0.2) is 11.6 Å². The van der Waals surface area contributed by atoms with E-state index in [1.54, 1.807) is 0 Å². The summed E-state index contributed by atoms with van der Waals surface area (Å²) in [6.07, 6.45) is 1.57. The van der Waals surface area contributed by atoms with Crippen molar-refractivity contribution in [3.8, 4) is 0 Å². The Balaban J connectivity index is 1.91. The van der Waals surface area contributed by atoms with Crippen LogP contribution in [0, 0.1) is 11.6 Å². The molecule has 2 aromatic carbocycles. The predicted molar refractivity (Wildman–Crippen MR) is 85.2 cm³/mol. The van der Waals surface area contributed by atoms with Gasteiger partial charge in [0.2, 0.25) is 5.91 Å². The van der Waals surface area contributed by atoms with Crippen LogP contribution < -0.4 is 10.0 Å². The van der Waals surface area contributed by atoms with Crippen LogP contribution in [0.5, 0.6) is 0 Å². The summed E-state index contributed by atoms with van der Waals surface area (Å²) in [6.45, 7) is 0. The number of hydrogen-bond acceptors (Lipinski definition) is 3. The van der Waals surface area contributed by atoms with Gasteiger partial charge in [0.25, 0.3) is 10.0 Å². The Morgan fingerprint density at radius 3 is 2.54 bits per heavy atom. The van der Waals surface area contributed by atoms with Crippen LogP contribution in [0.3, 0.4) is 0 Å². The predicted octanol–water partition coefficient (Wildman–Crippen LogP) is 3.04. The maximum atomic E-state index is 13.2. The molecule has 2 aromatic rings. The maximum Gasteiger partial charge on any atom is 0.261 e. The van der Waals surface area contributed by atoms with Crippen molar-refractivity contribution < 1.29 is 22.0 Å². The Labute approximate surface area is 137 Å². The van der Waals surface area contributed by atoms with Crippen LogP contribution in [0.1, 0.15) is 18.4 Å². The number of sulfonamides is 1. The van der Waals surface area contributed by atoms with Crippen molar-refractivity contribution in [1.82, 2.24) is 0 Å². The minimum atomic E-state index is -3.95. The number of halogens is 2. The van der Waals surface area contributed by atoms with Crippen molar-refractivity contribution in [2.45, 2.75) is 24.2 Å². The highest BCUT2D eigenvalue weighted by molar-refractivity contribution is 7.92. The summed E-state index contributed by atoms with van der Waals surface area (Å²) >= 11 is 0. The fourth-order valence-corrected chi connectivity index (χ4v) is 3.59. The van der Waals surface area contributed by atoms with Gasteiger partial charge < -0.3 is 5.32 Å². The van der Waals surface area contributed by atoms with Gasteiger partial charge in [-0.15, -0.1) is 0 Å². The van der Waals surface area contributed by atoms with Gasteiger partial charge in [-0.25, -0.2) is 17.2 Å². The van der Waals surface area contributed by atoms with E-state index in [1.165, 1.54) is 18.2 Å². The lowest BCUT2D eigenvalue weighted by molar-refractivity contribution is -0.116. The molecule has 0 saturated carbocycles. The highest BCUT2D eigenvalue weighted by Gasteiger charge is 2.19. The van der Waals surface area contributed by atoms with E-state index in [4.69, 9.17) is 0 Å². The number of fused-ring (bicyclic) bond motifs is 1. The second kappa shape index (κ2) is 6.20. The zero-order valence-corrected chi connectivity index (χ0v) is 13.3. The molecule has 0 bridgehead atoms. The Morgan fingerprint density at radius 1 is 1.00 bits per heavy atom. The molecule has 2 N–H and O–H groups in total. The lowest BCUT2D eigenvalue weighted by atomic mass is 10.1. The fourth-order valence-electron chi connectivity index (χ4n) is 2.49. The number of anilines is 2. The highest BCUT2D eigenvalue weighted by Crippen LogP contribution is 2.26. The topological polar surface area (TPSA) is 75.3 Å². The van der Waals surface area contributed by atoms with Gasteiger partial charge in [-0.3, -0.25) is 9.52 Å². The second-order valence-corrected chi connectivity index (χ2v) is 7.14. The third kappa shape index (κ3) is 3.38. The van der Waals surface area contributed by atoms with Gasteiger partial charge in [-0.2, -0.15) is 0 Å². The molecular formula is C16H14F2N2O3S. The molecule has 0 unspecified atom stereocenters. The standard InChI is InChI=1S/C16H14F2N2O3S/c17-13-6-4-11(9-14(13)18)20-24(22,23)12-5-7-15-10(8-12)2-1-3-16(21)19-15/h4-9,20H,1-3H2,(H,19,21). The third-order valence-electron chi connectivity index (χ3n) is 3.68. The zero-order chi connectivity index (χ0) is 17.3. The number of amides is 1. The zero-order valence-electron chi connectivity index (χ0n) is 12.5. The fraction of sp³-hybridized carbons (Fsp3) is 0.188. The molecule has 0 aromatic heterocycles. The molecule has 0 spiro atoms. The molecule has 126 valence electrons. The summed E-state index contributed by atoms with van der Waals surface area (Å²) in [5, 5.41) is 2.72. The minimum Gasteiger partial charge on any atom is -0.326 e. The lowest BCUT2D eigenvalue weighted by Gasteiger charge is -2.12. The van der Waals surface area contributed by atoms with Crippen molar-refractivity contribution in [2.75, 3.05) is 10.0 Å². The molecule has 0 saturated heterocycles. The van der Waals surface area contributed by atoms with Gasteiger partial charge in [-0.1, -0.05) is 0 Å². The van der Waals surface area contributed by atoms with E-state index < -0.39 is 21.7 Å². The lowest BCUT2D eigenvalue weighted by Crippen LogP contribution is -2.14. The van der Waals surface area contributed by atoms with Crippen molar-refractivity contribution in [3.05, 3.63) is 53.6 Å². The van der Waals surface area contributed by atoms with Crippen molar-refractivity contribution >= 4 is 27.3 Å². The number of nitrogens with one attached hydrogen (secondary N) is 2. The summed E-state index contributed by atoms with van der Waals surface area (Å²) in [7, 11) is -3.95. The summed E-state index contributed by atoms with van der Waals surface area (Å²) < 4.78 is 53.2. The van der Waals surface area contributed by atoms with E-state index in [0.717, 1.165) is 18.2 Å². The van der Waals surface area contributed by atoms with Crippen LogP contribution in [-0.2, 0) is 21.2 Å². The van der Waals surface area contributed by atoms with Gasteiger partial charge in [-0.05, 0) is 48.7 Å². The van der Waals surface area contributed by atoms with Crippen molar-refractivity contribution in [2.24, 2.45) is 0 Å². The maximum absolute atomic E-state index is 13.2. The van der Waals surface area contributed by atoms with E-state index >= 15 is 0 Å². The average molecular weight is 352 g/mol. The normalized spacial score (nSPS) is 14.5. The van der Waals surface area contributed by atoms with E-state index in [0.29, 0.717) is 30.5 Å². The molecule has 5 nitrogen and oxygen atoms in total. The summed E-state index contributed by atoms with van der Waals surface area (Å²) in [6, 6.07) is 7.12. The first-order valence-corrected chi connectivity index (χ1v) is 8.74. The van der Waals surface area contributed by atoms with E-state index in [9.17, 15) is 22.0 Å². The molecule has 0 atom stereocenters. The Hall–Kier alpha value is -2.48. The Kier molecular flexibility index (Phi) is 4.23. The third-order valence-corrected chi connectivity index (χ3v) is 5.06. The van der Waals surface area contributed by atoms with Gasteiger partial charge >= 0.3 is 0 Å². The first-order chi connectivity index (χ1) is 11.3. The van der Waals surface area contributed by atoms with Crippen LogP contribution in [0.4, 0.5) is 20.2 Å². The smallest absolute Gasteiger partial charge is 0.261 e. The molecule has 1 aliphatic rings. The second-order valence-electron chi connectivity index (χ2n) is 5.46. The molecule has 8 heteroatoms. The molecule has 0 fully saturated rings. The van der Waals surface area contributed by atoms with Crippen LogP contribution in [0.15, 0.2) is 41.3 Å². The number of rotatable bonds is 3. The quantitative estimate of drug-likeness (QED) is 0.892. The minimum absolute atomic E-state index is 0.0119. The number of carbonyl (C=O) groups is 1. The number of carbonyl (C=O) groups excluding carboxylic acids is 1. The largest absolute Gasteiger partial charge is 0.326 e. The Bertz CT molecular complexity index is 914. The number of aryl methyl sites for hydroxylation is 1. The monoisotopic (exact) mass is 352 g/mol. The highest BCUT2D eigenvalue weighted by atomic mass is 32.2. The first-order valence-electron chi connectivity index (χ1n) is 7.26. The number of hydrogen-bond donors (Lipinski definition) is 2. The summed E-state index contributed by atoms with van der Waals surface area (Å²) in [5.41, 5.74) is 1.23. The van der Waals surface area contributed by atoms with Gasteiger partial charge in [0, 0.05) is 18.2 Å². The summed E-state index contributed by atoms with van der Waals surface area (Å²) in [4.78, 5) is 11.5. The molecule has 1 heterocycles. The van der Waals surface area contributed by atoms with E-state index in [2.05, 4.69) is 10.0 Å². The number of benzene rings is 2. The molecule has 0 aliphatic carbocycles.